The van der Waals surface area contributed by atoms with Crippen LogP contribution in [0.1, 0.15) is 39.2 Å². The van der Waals surface area contributed by atoms with Crippen molar-refractivity contribution in [2.45, 2.75) is 39.0 Å². The van der Waals surface area contributed by atoms with Gasteiger partial charge in [0.2, 0.25) is 0 Å². The Labute approximate surface area is 116 Å². The molecule has 0 amide bonds. The molecule has 1 aliphatic carbocycles. The minimum atomic E-state index is 0.213. The molecule has 0 heterocycles. The molecule has 2 nitrogen and oxygen atoms in total. The third-order valence-electron chi connectivity index (χ3n) is 4.59. The highest BCUT2D eigenvalue weighted by atomic mass is 16.1. The van der Waals surface area contributed by atoms with E-state index < -0.39 is 0 Å². The lowest BCUT2D eigenvalue weighted by molar-refractivity contribution is -0.128. The Morgan fingerprint density at radius 3 is 2.32 bits per heavy atom. The monoisotopic (exact) mass is 259 g/mol. The van der Waals surface area contributed by atoms with E-state index in [9.17, 15) is 4.79 Å². The van der Waals surface area contributed by atoms with Crippen molar-refractivity contribution in [3.63, 3.8) is 0 Å². The first kappa shape index (κ1) is 14.3. The highest BCUT2D eigenvalue weighted by Crippen LogP contribution is 2.47. The highest BCUT2D eigenvalue weighted by Gasteiger charge is 2.44. The van der Waals surface area contributed by atoms with Crippen molar-refractivity contribution in [2.75, 3.05) is 19.6 Å². The maximum Gasteiger partial charge on any atom is 0.149 e. The minimum absolute atomic E-state index is 0.213. The van der Waals surface area contributed by atoms with Crippen molar-refractivity contribution < 1.29 is 4.79 Å². The van der Waals surface area contributed by atoms with Crippen LogP contribution < -0.4 is 0 Å². The highest BCUT2D eigenvalue weighted by molar-refractivity contribution is 5.84. The molecule has 19 heavy (non-hydrogen) atoms. The molecule has 2 rings (SSSR count). The maximum absolute atomic E-state index is 12.2. The van der Waals surface area contributed by atoms with Crippen molar-refractivity contribution in [3.05, 3.63) is 35.9 Å². The number of likely N-dealkylation sites (N-methyl/N-ethyl adjacent to an activating group) is 1. The number of hydrogen-bond donors (Lipinski definition) is 0. The van der Waals surface area contributed by atoms with E-state index in [1.807, 2.05) is 0 Å². The van der Waals surface area contributed by atoms with E-state index in [0.717, 1.165) is 25.9 Å². The van der Waals surface area contributed by atoms with E-state index in [2.05, 4.69) is 56.0 Å². The summed E-state index contributed by atoms with van der Waals surface area (Å²) in [4.78, 5) is 14.4. The quantitative estimate of drug-likeness (QED) is 0.781. The molecule has 1 fully saturated rings. The SMILES string of the molecule is CCN(CC)CC(=O)C1CC(C)(c2ccccc2)C1. The molecule has 1 aromatic carbocycles. The van der Waals surface area contributed by atoms with Gasteiger partial charge in [0.05, 0.1) is 6.54 Å². The third kappa shape index (κ3) is 3.06. The number of rotatable bonds is 6. The fourth-order valence-corrected chi connectivity index (χ4v) is 3.13. The molecule has 0 atom stereocenters. The van der Waals surface area contributed by atoms with E-state index in [1.54, 1.807) is 0 Å². The molecule has 0 aromatic heterocycles. The van der Waals surface area contributed by atoms with E-state index in [0.29, 0.717) is 12.3 Å². The summed E-state index contributed by atoms with van der Waals surface area (Å²) in [6, 6.07) is 10.6. The van der Waals surface area contributed by atoms with Crippen LogP contribution >= 0.6 is 0 Å². The predicted octanol–water partition coefficient (Wildman–Crippen LogP) is 3.27. The molecule has 0 aliphatic heterocycles. The molecule has 1 aliphatic rings. The lowest BCUT2D eigenvalue weighted by Crippen LogP contribution is -2.45. The number of benzene rings is 1. The van der Waals surface area contributed by atoms with E-state index in [1.165, 1.54) is 5.56 Å². The summed E-state index contributed by atoms with van der Waals surface area (Å²) in [7, 11) is 0. The van der Waals surface area contributed by atoms with Gasteiger partial charge in [0.1, 0.15) is 5.78 Å². The van der Waals surface area contributed by atoms with Gasteiger partial charge in [-0.1, -0.05) is 51.1 Å². The standard InChI is InChI=1S/C17H25NO/c1-4-18(5-2)13-16(19)14-11-17(3,12-14)15-9-7-6-8-10-15/h6-10,14H,4-5,11-13H2,1-3H3. The zero-order chi connectivity index (χ0) is 13.9. The Kier molecular flexibility index (Phi) is 4.41. The molecule has 2 heteroatoms. The van der Waals surface area contributed by atoms with Gasteiger partial charge in [0, 0.05) is 5.92 Å². The molecule has 0 radical (unpaired) electrons. The maximum atomic E-state index is 12.2. The van der Waals surface area contributed by atoms with Gasteiger partial charge in [-0.15, -0.1) is 0 Å². The van der Waals surface area contributed by atoms with Crippen LogP contribution in [0.25, 0.3) is 0 Å². The van der Waals surface area contributed by atoms with Gasteiger partial charge >= 0.3 is 0 Å². The second-order valence-corrected chi connectivity index (χ2v) is 5.96. The second kappa shape index (κ2) is 5.87. The molecule has 0 bridgehead atoms. The average Bonchev–Trinajstić information content (AvgIpc) is 2.42. The summed E-state index contributed by atoms with van der Waals surface area (Å²) in [6.45, 7) is 9.07. The number of nitrogens with zero attached hydrogens (tertiary/aromatic N) is 1. The van der Waals surface area contributed by atoms with Crippen LogP contribution in [0, 0.1) is 5.92 Å². The second-order valence-electron chi connectivity index (χ2n) is 5.96. The van der Waals surface area contributed by atoms with Gasteiger partial charge in [-0.3, -0.25) is 9.69 Å². The van der Waals surface area contributed by atoms with Crippen LogP contribution in [-0.2, 0) is 10.2 Å². The van der Waals surface area contributed by atoms with Crippen LogP contribution in [0.3, 0.4) is 0 Å². The summed E-state index contributed by atoms with van der Waals surface area (Å²) >= 11 is 0. The summed E-state index contributed by atoms with van der Waals surface area (Å²) in [5.41, 5.74) is 1.59. The predicted molar refractivity (Wildman–Crippen MR) is 79.3 cm³/mol. The van der Waals surface area contributed by atoms with Gasteiger partial charge in [-0.2, -0.15) is 0 Å². The zero-order valence-electron chi connectivity index (χ0n) is 12.4. The van der Waals surface area contributed by atoms with Crippen molar-refractivity contribution >= 4 is 5.78 Å². The largest absolute Gasteiger partial charge is 0.298 e. The van der Waals surface area contributed by atoms with Gasteiger partial charge in [-0.25, -0.2) is 0 Å². The topological polar surface area (TPSA) is 20.3 Å². The number of ketones is 1. The number of carbonyl (C=O) groups excluding carboxylic acids is 1. The molecular formula is C17H25NO. The number of Topliss-reactive ketones (excluding diaryl/α,β-unsaturated/α-hetero) is 1. The fraction of sp³-hybridized carbons (Fsp3) is 0.588. The fourth-order valence-electron chi connectivity index (χ4n) is 3.13. The lowest BCUT2D eigenvalue weighted by atomic mass is 9.58. The van der Waals surface area contributed by atoms with E-state index in [4.69, 9.17) is 0 Å². The number of carbonyl (C=O) groups is 1. The van der Waals surface area contributed by atoms with Crippen LogP contribution in [0.4, 0.5) is 0 Å². The Morgan fingerprint density at radius 2 is 1.79 bits per heavy atom. The average molecular weight is 259 g/mol. The first-order chi connectivity index (χ1) is 9.09. The molecule has 1 aromatic rings. The minimum Gasteiger partial charge on any atom is -0.298 e. The molecule has 0 spiro atoms. The third-order valence-corrected chi connectivity index (χ3v) is 4.59. The molecule has 104 valence electrons. The molecule has 0 saturated heterocycles. The molecular weight excluding hydrogens is 234 g/mol. The Hall–Kier alpha value is -1.15. The van der Waals surface area contributed by atoms with Gasteiger partial charge in [-0.05, 0) is 36.9 Å². The van der Waals surface area contributed by atoms with Crippen LogP contribution in [0.5, 0.6) is 0 Å². The zero-order valence-corrected chi connectivity index (χ0v) is 12.4. The van der Waals surface area contributed by atoms with Crippen LogP contribution in [-0.4, -0.2) is 30.3 Å². The van der Waals surface area contributed by atoms with Crippen LogP contribution in [0.15, 0.2) is 30.3 Å². The van der Waals surface area contributed by atoms with Crippen LogP contribution in [0.2, 0.25) is 0 Å². The smallest absolute Gasteiger partial charge is 0.149 e. The van der Waals surface area contributed by atoms with Crippen molar-refractivity contribution in [3.8, 4) is 0 Å². The lowest BCUT2D eigenvalue weighted by Gasteiger charge is -2.45. The summed E-state index contributed by atoms with van der Waals surface area (Å²) in [5, 5.41) is 0. The van der Waals surface area contributed by atoms with E-state index in [-0.39, 0.29) is 11.3 Å². The molecule has 0 unspecified atom stereocenters. The Morgan fingerprint density at radius 1 is 1.21 bits per heavy atom. The van der Waals surface area contributed by atoms with Crippen molar-refractivity contribution in [2.24, 2.45) is 5.92 Å². The number of hydrogen-bond acceptors (Lipinski definition) is 2. The summed E-state index contributed by atoms with van der Waals surface area (Å²) in [5.74, 6) is 0.697. The van der Waals surface area contributed by atoms with Gasteiger partial charge in [0.15, 0.2) is 0 Å². The Balaban J connectivity index is 1.90. The first-order valence-corrected chi connectivity index (χ1v) is 7.39. The molecule has 0 N–H and O–H groups in total. The van der Waals surface area contributed by atoms with Crippen molar-refractivity contribution in [1.82, 2.24) is 4.90 Å². The van der Waals surface area contributed by atoms with E-state index >= 15 is 0 Å². The van der Waals surface area contributed by atoms with Gasteiger partial charge < -0.3 is 0 Å². The summed E-state index contributed by atoms with van der Waals surface area (Å²) in [6.07, 6.45) is 2.02. The van der Waals surface area contributed by atoms with Crippen molar-refractivity contribution in [1.29, 1.82) is 0 Å². The first-order valence-electron chi connectivity index (χ1n) is 7.39. The Bertz CT molecular complexity index is 416. The normalized spacial score (nSPS) is 26.2. The summed E-state index contributed by atoms with van der Waals surface area (Å²) < 4.78 is 0. The molecule has 1 saturated carbocycles. The van der Waals surface area contributed by atoms with Gasteiger partial charge in [0.25, 0.3) is 0 Å².